The van der Waals surface area contributed by atoms with Gasteiger partial charge in [0.15, 0.2) is 0 Å². The lowest BCUT2D eigenvalue weighted by atomic mass is 9.85. The molecular weight excluding hydrogens is 552 g/mol. The summed E-state index contributed by atoms with van der Waals surface area (Å²) in [6.07, 6.45) is 3.48. The fourth-order valence-corrected chi connectivity index (χ4v) is 5.14. The molecule has 9 nitrogen and oxygen atoms in total. The number of aromatic nitrogens is 2. The number of ether oxygens (including phenoxy) is 4. The van der Waals surface area contributed by atoms with E-state index in [1.54, 1.807) is 19.5 Å². The van der Waals surface area contributed by atoms with E-state index in [9.17, 15) is 5.11 Å². The molecule has 0 aliphatic carbocycles. The Morgan fingerprint density at radius 2 is 1.95 bits per heavy atom. The SMILES string of the molecule is COCCCN1CCOc2ccc(COC3CNCC(O)C3c3ccc(Oc4ncc(Br)cn4)cc3)cc21. The number of β-amino-alcohol motifs (C(OH)–C–C–N with tert-alkyl or cyclic N) is 1. The van der Waals surface area contributed by atoms with Gasteiger partial charge < -0.3 is 34.3 Å². The summed E-state index contributed by atoms with van der Waals surface area (Å²) in [5.41, 5.74) is 3.16. The Kier molecular flexibility index (Phi) is 9.08. The van der Waals surface area contributed by atoms with Gasteiger partial charge in [-0.3, -0.25) is 0 Å². The van der Waals surface area contributed by atoms with Crippen LogP contribution in [0.4, 0.5) is 5.69 Å². The van der Waals surface area contributed by atoms with Gasteiger partial charge in [0.25, 0.3) is 0 Å². The number of nitrogens with zero attached hydrogens (tertiary/aromatic N) is 3. The van der Waals surface area contributed by atoms with Crippen molar-refractivity contribution < 1.29 is 24.1 Å². The van der Waals surface area contributed by atoms with Gasteiger partial charge in [-0.05, 0) is 57.7 Å². The van der Waals surface area contributed by atoms with E-state index in [1.165, 1.54) is 0 Å². The van der Waals surface area contributed by atoms with Gasteiger partial charge in [0.1, 0.15) is 18.1 Å². The molecular formula is C28H33BrN4O5. The van der Waals surface area contributed by atoms with E-state index in [0.29, 0.717) is 32.1 Å². The predicted octanol–water partition coefficient (Wildman–Crippen LogP) is 3.90. The number of aliphatic hydroxyl groups is 1. The largest absolute Gasteiger partial charge is 0.490 e. The molecule has 10 heteroatoms. The van der Waals surface area contributed by atoms with Crippen molar-refractivity contribution in [2.75, 3.05) is 51.4 Å². The highest BCUT2D eigenvalue weighted by Crippen LogP contribution is 2.34. The van der Waals surface area contributed by atoms with Gasteiger partial charge in [0.05, 0.1) is 35.5 Å². The lowest BCUT2D eigenvalue weighted by Crippen LogP contribution is -2.49. The second-order valence-corrected chi connectivity index (χ2v) is 10.4. The fraction of sp³-hybridized carbons (Fsp3) is 0.429. The zero-order valence-electron chi connectivity index (χ0n) is 21.4. The van der Waals surface area contributed by atoms with E-state index in [-0.39, 0.29) is 18.0 Å². The van der Waals surface area contributed by atoms with Crippen molar-refractivity contribution >= 4 is 21.6 Å². The average molecular weight is 585 g/mol. The van der Waals surface area contributed by atoms with Crippen LogP contribution in [0.5, 0.6) is 17.5 Å². The third kappa shape index (κ3) is 6.62. The Hall–Kier alpha value is -2.76. The zero-order valence-corrected chi connectivity index (χ0v) is 23.0. The third-order valence-electron chi connectivity index (χ3n) is 6.81. The third-order valence-corrected chi connectivity index (χ3v) is 7.22. The van der Waals surface area contributed by atoms with Crippen LogP contribution in [0.3, 0.4) is 0 Å². The monoisotopic (exact) mass is 584 g/mol. The number of hydrogen-bond donors (Lipinski definition) is 2. The van der Waals surface area contributed by atoms with Crippen molar-refractivity contribution in [3.63, 3.8) is 0 Å². The van der Waals surface area contributed by atoms with Crippen LogP contribution < -0.4 is 19.7 Å². The van der Waals surface area contributed by atoms with Gasteiger partial charge >= 0.3 is 6.01 Å². The standard InChI is InChI=1S/C28H33BrN4O5/c1-35-11-2-9-33-10-12-36-25-8-3-19(13-23(25)33)18-37-26-17-30-16-24(34)27(26)20-4-6-22(7-5-20)38-28-31-14-21(29)15-32-28/h3-8,13-15,24,26-27,30,34H,2,9-12,16-18H2,1H3. The number of hydrogen-bond acceptors (Lipinski definition) is 9. The van der Waals surface area contributed by atoms with Gasteiger partial charge in [-0.1, -0.05) is 18.2 Å². The molecule has 3 aromatic rings. The van der Waals surface area contributed by atoms with Gasteiger partial charge in [-0.25, -0.2) is 9.97 Å². The lowest BCUT2D eigenvalue weighted by Gasteiger charge is -2.36. The summed E-state index contributed by atoms with van der Waals surface area (Å²) in [7, 11) is 1.73. The highest BCUT2D eigenvalue weighted by atomic mass is 79.9. The van der Waals surface area contributed by atoms with E-state index in [2.05, 4.69) is 48.2 Å². The maximum Gasteiger partial charge on any atom is 0.321 e. The molecule has 3 unspecified atom stereocenters. The maximum atomic E-state index is 10.9. The normalized spacial score (nSPS) is 21.0. The molecule has 1 saturated heterocycles. The molecule has 0 bridgehead atoms. The Morgan fingerprint density at radius 1 is 1.13 bits per heavy atom. The van der Waals surface area contributed by atoms with Crippen molar-refractivity contribution in [1.82, 2.24) is 15.3 Å². The van der Waals surface area contributed by atoms with Gasteiger partial charge in [0, 0.05) is 51.7 Å². The molecule has 0 radical (unpaired) electrons. The summed E-state index contributed by atoms with van der Waals surface area (Å²) in [6, 6.07) is 14.2. The van der Waals surface area contributed by atoms with Gasteiger partial charge in [-0.2, -0.15) is 0 Å². The van der Waals surface area contributed by atoms with E-state index in [4.69, 9.17) is 18.9 Å². The smallest absolute Gasteiger partial charge is 0.321 e. The van der Waals surface area contributed by atoms with Crippen LogP contribution in [0.1, 0.15) is 23.5 Å². The quantitative estimate of drug-likeness (QED) is 0.344. The molecule has 202 valence electrons. The molecule has 0 amide bonds. The molecule has 38 heavy (non-hydrogen) atoms. The highest BCUT2D eigenvalue weighted by Gasteiger charge is 2.34. The zero-order chi connectivity index (χ0) is 26.3. The van der Waals surface area contributed by atoms with E-state index < -0.39 is 6.10 Å². The number of methoxy groups -OCH3 is 1. The number of fused-ring (bicyclic) bond motifs is 1. The minimum absolute atomic E-state index is 0.166. The minimum atomic E-state index is -0.566. The molecule has 2 N–H and O–H groups in total. The molecule has 3 atom stereocenters. The van der Waals surface area contributed by atoms with E-state index >= 15 is 0 Å². The van der Waals surface area contributed by atoms with Crippen molar-refractivity contribution in [3.05, 3.63) is 70.5 Å². The van der Waals surface area contributed by atoms with Crippen molar-refractivity contribution in [1.29, 1.82) is 0 Å². The second-order valence-electron chi connectivity index (χ2n) is 9.44. The second kappa shape index (κ2) is 12.9. The van der Waals surface area contributed by atoms with Crippen LogP contribution in [0.25, 0.3) is 0 Å². The summed E-state index contributed by atoms with van der Waals surface area (Å²) in [4.78, 5) is 10.6. The van der Waals surface area contributed by atoms with Crippen molar-refractivity contribution in [2.45, 2.75) is 31.2 Å². The molecule has 3 heterocycles. The summed E-state index contributed by atoms with van der Waals surface area (Å²) in [6.45, 7) is 4.81. The summed E-state index contributed by atoms with van der Waals surface area (Å²) in [5, 5.41) is 14.2. The van der Waals surface area contributed by atoms with Gasteiger partial charge in [-0.15, -0.1) is 0 Å². The molecule has 2 aromatic carbocycles. The summed E-state index contributed by atoms with van der Waals surface area (Å²) < 4.78 is 24.0. The average Bonchev–Trinajstić information content (AvgIpc) is 2.94. The Morgan fingerprint density at radius 3 is 2.74 bits per heavy atom. The number of nitrogens with one attached hydrogen (secondary N) is 1. The molecule has 1 aromatic heterocycles. The number of rotatable bonds is 10. The highest BCUT2D eigenvalue weighted by molar-refractivity contribution is 9.10. The van der Waals surface area contributed by atoms with Crippen LogP contribution in [0.15, 0.2) is 59.3 Å². The van der Waals surface area contributed by atoms with E-state index in [0.717, 1.165) is 53.2 Å². The molecule has 0 saturated carbocycles. The van der Waals surface area contributed by atoms with Crippen molar-refractivity contribution in [2.24, 2.45) is 0 Å². The Bertz CT molecular complexity index is 1180. The predicted molar refractivity (Wildman–Crippen MR) is 147 cm³/mol. The van der Waals surface area contributed by atoms with Crippen LogP contribution in [0.2, 0.25) is 0 Å². The molecule has 5 rings (SSSR count). The first kappa shape index (κ1) is 26.8. The number of aliphatic hydroxyl groups excluding tert-OH is 1. The van der Waals surface area contributed by atoms with Crippen molar-refractivity contribution in [3.8, 4) is 17.5 Å². The minimum Gasteiger partial charge on any atom is -0.490 e. The van der Waals surface area contributed by atoms with Crippen LogP contribution in [-0.4, -0.2) is 73.8 Å². The number of piperidine rings is 1. The van der Waals surface area contributed by atoms with Crippen LogP contribution in [-0.2, 0) is 16.1 Å². The Balaban J connectivity index is 1.25. The van der Waals surface area contributed by atoms with E-state index in [1.807, 2.05) is 30.3 Å². The van der Waals surface area contributed by atoms with Crippen LogP contribution in [0, 0.1) is 0 Å². The number of halogens is 1. The summed E-state index contributed by atoms with van der Waals surface area (Å²) in [5.74, 6) is 1.37. The van der Waals surface area contributed by atoms with Gasteiger partial charge in [0.2, 0.25) is 0 Å². The molecule has 2 aliphatic rings. The molecule has 0 spiro atoms. The first-order valence-electron chi connectivity index (χ1n) is 12.9. The molecule has 1 fully saturated rings. The Labute approximate surface area is 231 Å². The number of benzene rings is 2. The fourth-order valence-electron chi connectivity index (χ4n) is 4.93. The lowest BCUT2D eigenvalue weighted by molar-refractivity contribution is -0.0328. The first-order valence-corrected chi connectivity index (χ1v) is 13.7. The summed E-state index contributed by atoms with van der Waals surface area (Å²) >= 11 is 3.32. The maximum absolute atomic E-state index is 10.9. The topological polar surface area (TPSA) is 98.2 Å². The molecule has 2 aliphatic heterocycles. The van der Waals surface area contributed by atoms with Crippen LogP contribution >= 0.6 is 15.9 Å². The first-order chi connectivity index (χ1) is 18.6. The number of anilines is 1.